The first-order chi connectivity index (χ1) is 21.6. The molecule has 2 aromatic rings. The lowest BCUT2D eigenvalue weighted by atomic mass is 9.99. The molecule has 0 aliphatic carbocycles. The van der Waals surface area contributed by atoms with Crippen LogP contribution < -0.4 is 20.7 Å². The predicted molar refractivity (Wildman–Crippen MR) is 162 cm³/mol. The van der Waals surface area contributed by atoms with Crippen LogP contribution in [0.5, 0.6) is 23.0 Å². The van der Waals surface area contributed by atoms with Gasteiger partial charge in [0.05, 0.1) is 6.61 Å². The molecule has 14 heteroatoms. The fraction of sp³-hybridized carbons (Fsp3) is 0.484. The van der Waals surface area contributed by atoms with Gasteiger partial charge in [0.15, 0.2) is 23.0 Å². The fourth-order valence-electron chi connectivity index (χ4n) is 4.47. The molecule has 14 nitrogen and oxygen atoms in total. The van der Waals surface area contributed by atoms with E-state index in [2.05, 4.69) is 16.0 Å². The van der Waals surface area contributed by atoms with Gasteiger partial charge in [-0.2, -0.15) is 0 Å². The van der Waals surface area contributed by atoms with Crippen LogP contribution in [0, 0.1) is 0 Å². The minimum Gasteiger partial charge on any atom is -0.504 e. The van der Waals surface area contributed by atoms with Crippen molar-refractivity contribution in [2.24, 2.45) is 0 Å². The van der Waals surface area contributed by atoms with E-state index in [0.29, 0.717) is 44.5 Å². The van der Waals surface area contributed by atoms with Crippen LogP contribution in [0.3, 0.4) is 0 Å². The summed E-state index contributed by atoms with van der Waals surface area (Å²) in [6.45, 7) is 1.86. The van der Waals surface area contributed by atoms with Crippen molar-refractivity contribution >= 4 is 17.9 Å². The van der Waals surface area contributed by atoms with Crippen LogP contribution in [0.1, 0.15) is 36.8 Å². The van der Waals surface area contributed by atoms with E-state index in [1.54, 1.807) is 12.1 Å². The molecule has 0 radical (unpaired) electrons. The van der Waals surface area contributed by atoms with E-state index in [4.69, 9.17) is 9.47 Å². The van der Waals surface area contributed by atoms with Gasteiger partial charge in [-0.15, -0.1) is 0 Å². The van der Waals surface area contributed by atoms with Gasteiger partial charge in [0.1, 0.15) is 24.4 Å². The SMILES string of the molecule is O=C(/C=C/c1ccc(O)c(O[C@@H]2O[C@H](CO)[C@@H](O)[C@H](O)[C@H]2O)c1)NCCCNCCCCNC(=O)CCc1ccc(O)c(O)c1. The monoisotopic (exact) mass is 633 g/mol. The summed E-state index contributed by atoms with van der Waals surface area (Å²) >= 11 is 0. The number of amides is 2. The van der Waals surface area contributed by atoms with Gasteiger partial charge in [-0.05, 0) is 80.2 Å². The molecule has 0 unspecified atom stereocenters. The van der Waals surface area contributed by atoms with Gasteiger partial charge < -0.3 is 61.2 Å². The second-order valence-electron chi connectivity index (χ2n) is 10.7. The van der Waals surface area contributed by atoms with Crippen LogP contribution in [-0.2, 0) is 20.7 Å². The van der Waals surface area contributed by atoms with Gasteiger partial charge >= 0.3 is 0 Å². The lowest BCUT2D eigenvalue weighted by Crippen LogP contribution is -2.60. The summed E-state index contributed by atoms with van der Waals surface area (Å²) in [5.74, 6) is -1.17. The zero-order chi connectivity index (χ0) is 32.8. The highest BCUT2D eigenvalue weighted by Gasteiger charge is 2.44. The van der Waals surface area contributed by atoms with Crippen LogP contribution in [0.2, 0.25) is 0 Å². The molecule has 45 heavy (non-hydrogen) atoms. The first kappa shape index (κ1) is 35.6. The summed E-state index contributed by atoms with van der Waals surface area (Å²) in [6, 6.07) is 8.77. The third-order valence-corrected chi connectivity index (χ3v) is 7.12. The van der Waals surface area contributed by atoms with E-state index in [1.165, 1.54) is 36.4 Å². The number of aryl methyl sites for hydroxylation is 1. The Morgan fingerprint density at radius 3 is 2.29 bits per heavy atom. The highest BCUT2D eigenvalue weighted by atomic mass is 16.7. The molecule has 0 spiro atoms. The number of ether oxygens (including phenoxy) is 2. The van der Waals surface area contributed by atoms with Crippen LogP contribution in [0.4, 0.5) is 0 Å². The number of carbonyl (C=O) groups excluding carboxylic acids is 2. The van der Waals surface area contributed by atoms with Gasteiger partial charge in [-0.1, -0.05) is 12.1 Å². The molecule has 3 rings (SSSR count). The number of hydrogen-bond acceptors (Lipinski definition) is 12. The number of hydrogen-bond donors (Lipinski definition) is 10. The van der Waals surface area contributed by atoms with Crippen molar-refractivity contribution < 1.29 is 54.8 Å². The smallest absolute Gasteiger partial charge is 0.243 e. The Morgan fingerprint density at radius 1 is 0.822 bits per heavy atom. The van der Waals surface area contributed by atoms with Gasteiger partial charge in [0.2, 0.25) is 18.1 Å². The maximum atomic E-state index is 12.2. The Balaban J connectivity index is 1.25. The highest BCUT2D eigenvalue weighted by Crippen LogP contribution is 2.31. The number of phenolic OH excluding ortho intramolecular Hbond substituents is 3. The summed E-state index contributed by atoms with van der Waals surface area (Å²) in [7, 11) is 0. The Morgan fingerprint density at radius 2 is 1.53 bits per heavy atom. The highest BCUT2D eigenvalue weighted by molar-refractivity contribution is 5.91. The van der Waals surface area contributed by atoms with E-state index in [0.717, 1.165) is 24.9 Å². The largest absolute Gasteiger partial charge is 0.504 e. The molecule has 1 heterocycles. The van der Waals surface area contributed by atoms with Crippen molar-refractivity contribution in [3.8, 4) is 23.0 Å². The molecular weight excluding hydrogens is 590 g/mol. The lowest BCUT2D eigenvalue weighted by molar-refractivity contribution is -0.277. The minimum absolute atomic E-state index is 0.0763. The number of aromatic hydroxyl groups is 3. The van der Waals surface area contributed by atoms with E-state index in [1.807, 2.05) is 0 Å². The van der Waals surface area contributed by atoms with Crippen LogP contribution in [0.25, 0.3) is 6.08 Å². The number of rotatable bonds is 17. The van der Waals surface area contributed by atoms with Crippen LogP contribution >= 0.6 is 0 Å². The molecule has 2 aromatic carbocycles. The zero-order valence-electron chi connectivity index (χ0n) is 24.8. The third-order valence-electron chi connectivity index (χ3n) is 7.12. The maximum Gasteiger partial charge on any atom is 0.243 e. The van der Waals surface area contributed by atoms with Crippen molar-refractivity contribution in [1.82, 2.24) is 16.0 Å². The van der Waals surface area contributed by atoms with Crippen molar-refractivity contribution in [3.05, 3.63) is 53.6 Å². The van der Waals surface area contributed by atoms with Crippen molar-refractivity contribution in [1.29, 1.82) is 0 Å². The van der Waals surface area contributed by atoms with Gasteiger partial charge in [-0.3, -0.25) is 9.59 Å². The normalized spacial score (nSPS) is 21.5. The van der Waals surface area contributed by atoms with Crippen LogP contribution in [-0.4, -0.2) is 111 Å². The Bertz CT molecular complexity index is 1270. The Kier molecular flexibility index (Phi) is 14.3. The molecule has 0 aromatic heterocycles. The van der Waals surface area contributed by atoms with E-state index in [9.17, 15) is 45.3 Å². The van der Waals surface area contributed by atoms with Gasteiger partial charge in [0.25, 0.3) is 0 Å². The molecule has 0 bridgehead atoms. The summed E-state index contributed by atoms with van der Waals surface area (Å²) in [4.78, 5) is 24.2. The van der Waals surface area contributed by atoms with Crippen molar-refractivity contribution in [2.75, 3.05) is 32.8 Å². The molecule has 248 valence electrons. The number of nitrogens with one attached hydrogen (secondary N) is 3. The number of aliphatic hydroxyl groups is 4. The van der Waals surface area contributed by atoms with E-state index >= 15 is 0 Å². The van der Waals surface area contributed by atoms with E-state index in [-0.39, 0.29) is 34.8 Å². The second kappa shape index (κ2) is 18.1. The van der Waals surface area contributed by atoms with Gasteiger partial charge in [0, 0.05) is 25.6 Å². The Labute approximate surface area is 260 Å². The molecule has 10 N–H and O–H groups in total. The number of phenols is 3. The summed E-state index contributed by atoms with van der Waals surface area (Å²) in [5.41, 5.74) is 1.27. The predicted octanol–water partition coefficient (Wildman–Crippen LogP) is -0.380. The standard InChI is InChI=1S/C31H43N3O11/c35-18-25-28(41)29(42)30(43)31(45-25)44-24-17-20(5-9-22(24)37)7-11-27(40)34-15-3-13-32-12-1-2-14-33-26(39)10-6-19-4-8-21(36)23(38)16-19/h4-5,7-9,11,16-17,25,28-32,35-38,41-43H,1-3,6,10,12-15,18H2,(H,33,39)(H,34,40)/b11-7+/t25-,28-,29+,30-,31-/m1/s1. The average molecular weight is 634 g/mol. The first-order valence-corrected chi connectivity index (χ1v) is 14.8. The van der Waals surface area contributed by atoms with Crippen LogP contribution in [0.15, 0.2) is 42.5 Å². The molecule has 0 saturated carbocycles. The number of aliphatic hydroxyl groups excluding tert-OH is 4. The molecule has 1 saturated heterocycles. The molecule has 1 aliphatic rings. The Hall–Kier alpha value is -3.92. The van der Waals surface area contributed by atoms with Crippen molar-refractivity contribution in [3.63, 3.8) is 0 Å². The molecule has 2 amide bonds. The molecule has 5 atom stereocenters. The van der Waals surface area contributed by atoms with E-state index < -0.39 is 37.3 Å². The third kappa shape index (κ3) is 11.5. The lowest BCUT2D eigenvalue weighted by Gasteiger charge is -2.39. The summed E-state index contributed by atoms with van der Waals surface area (Å²) in [6.07, 6.45) is -1.46. The number of unbranched alkanes of at least 4 members (excludes halogenated alkanes) is 1. The zero-order valence-corrected chi connectivity index (χ0v) is 24.8. The molecule has 1 fully saturated rings. The average Bonchev–Trinajstić information content (AvgIpc) is 3.02. The quantitative estimate of drug-likeness (QED) is 0.0611. The maximum absolute atomic E-state index is 12.2. The molecule has 1 aliphatic heterocycles. The van der Waals surface area contributed by atoms with Crippen molar-refractivity contribution in [2.45, 2.75) is 62.8 Å². The summed E-state index contributed by atoms with van der Waals surface area (Å²) < 4.78 is 10.8. The van der Waals surface area contributed by atoms with Gasteiger partial charge in [-0.25, -0.2) is 0 Å². The topological polar surface area (TPSA) is 230 Å². The number of carbonyl (C=O) groups is 2. The second-order valence-corrected chi connectivity index (χ2v) is 10.7. The fourth-order valence-corrected chi connectivity index (χ4v) is 4.47. The number of benzene rings is 2. The summed E-state index contributed by atoms with van der Waals surface area (Å²) in [5, 5.41) is 77.2. The first-order valence-electron chi connectivity index (χ1n) is 14.8. The molecular formula is C31H43N3O11. The minimum atomic E-state index is -1.64.